The highest BCUT2D eigenvalue weighted by Crippen LogP contribution is 2.30. The van der Waals surface area contributed by atoms with Gasteiger partial charge in [-0.3, -0.25) is 0 Å². The van der Waals surface area contributed by atoms with Crippen molar-refractivity contribution in [3.8, 4) is 11.1 Å². The van der Waals surface area contributed by atoms with Crippen LogP contribution in [-0.2, 0) is 12.8 Å². The Morgan fingerprint density at radius 2 is 1.35 bits per heavy atom. The Kier molecular flexibility index (Phi) is 6.56. The Bertz CT molecular complexity index is 642. The maximum Gasteiger partial charge on any atom is 0.132 e. The van der Waals surface area contributed by atoms with Crippen molar-refractivity contribution in [3.63, 3.8) is 0 Å². The van der Waals surface area contributed by atoms with E-state index in [4.69, 9.17) is 23.2 Å². The number of benzene rings is 2. The van der Waals surface area contributed by atoms with Gasteiger partial charge in [-0.15, -0.1) is 23.2 Å². The molecule has 2 heteroatoms. The summed E-state index contributed by atoms with van der Waals surface area (Å²) in [5.74, 6) is 1.32. The third kappa shape index (κ3) is 5.26. The van der Waals surface area contributed by atoms with Gasteiger partial charge in [0, 0.05) is 0 Å². The van der Waals surface area contributed by atoms with E-state index in [-0.39, 0.29) is 0 Å². The summed E-state index contributed by atoms with van der Waals surface area (Å²) in [7, 11) is 0. The normalized spacial score (nSPS) is 11.7. The van der Waals surface area contributed by atoms with Crippen LogP contribution in [0.3, 0.4) is 0 Å². The fourth-order valence-electron chi connectivity index (χ4n) is 2.93. The minimum Gasteiger partial charge on any atom is -0.100 e. The predicted octanol–water partition coefficient (Wildman–Crippen LogP) is 7.23. The van der Waals surface area contributed by atoms with Gasteiger partial charge in [-0.25, -0.2) is 0 Å². The molecule has 124 valence electrons. The lowest BCUT2D eigenvalue weighted by Gasteiger charge is -2.16. The number of hydrogen-bond acceptors (Lipinski definition) is 0. The minimum atomic E-state index is -0.481. The number of hydrogen-bond donors (Lipinski definition) is 0. The van der Waals surface area contributed by atoms with Gasteiger partial charge in [-0.1, -0.05) is 64.1 Å². The molecule has 0 nitrogen and oxygen atoms in total. The number of halogens is 2. The summed E-state index contributed by atoms with van der Waals surface area (Å²) in [6.45, 7) is 9.10. The van der Waals surface area contributed by atoms with E-state index < -0.39 is 4.84 Å². The second-order valence-corrected chi connectivity index (χ2v) is 8.20. The summed E-state index contributed by atoms with van der Waals surface area (Å²) in [6, 6.07) is 15.0. The van der Waals surface area contributed by atoms with Crippen LogP contribution in [0.15, 0.2) is 42.5 Å². The van der Waals surface area contributed by atoms with Crippen LogP contribution in [0.1, 0.15) is 49.2 Å². The Morgan fingerprint density at radius 1 is 0.739 bits per heavy atom. The first-order valence-corrected chi connectivity index (χ1v) is 9.24. The van der Waals surface area contributed by atoms with E-state index in [2.05, 4.69) is 58.0 Å². The molecule has 2 aromatic rings. The third-order valence-electron chi connectivity index (χ3n) is 3.93. The van der Waals surface area contributed by atoms with E-state index in [9.17, 15) is 0 Å². The summed E-state index contributed by atoms with van der Waals surface area (Å²) < 4.78 is 0. The first-order valence-electron chi connectivity index (χ1n) is 8.37. The molecule has 0 fully saturated rings. The van der Waals surface area contributed by atoms with E-state index in [1.54, 1.807) is 0 Å². The topological polar surface area (TPSA) is 0 Å². The zero-order chi connectivity index (χ0) is 17.0. The van der Waals surface area contributed by atoms with Gasteiger partial charge in [0.05, 0.1) is 0 Å². The summed E-state index contributed by atoms with van der Waals surface area (Å²) in [5.41, 5.74) is 6.30. The summed E-state index contributed by atoms with van der Waals surface area (Å²) in [6.07, 6.45) is 2.25. The standard InChI is InChI=1S/C21H26Cl2/c1-14(2)10-17-8-9-18(13-20(17)11-15(3)4)16-6-5-7-19(12-16)21(22)23/h5-9,12-15,21H,10-11H2,1-4H3. The van der Waals surface area contributed by atoms with Crippen LogP contribution < -0.4 is 0 Å². The first kappa shape index (κ1) is 18.4. The maximum atomic E-state index is 6.01. The molecule has 0 aliphatic heterocycles. The van der Waals surface area contributed by atoms with Crippen LogP contribution in [-0.4, -0.2) is 0 Å². The molecular formula is C21H26Cl2. The Hall–Kier alpha value is -0.980. The van der Waals surface area contributed by atoms with Crippen LogP contribution >= 0.6 is 23.2 Å². The highest BCUT2D eigenvalue weighted by molar-refractivity contribution is 6.44. The molecule has 0 radical (unpaired) electrons. The molecule has 0 saturated heterocycles. The van der Waals surface area contributed by atoms with Gasteiger partial charge in [0.25, 0.3) is 0 Å². The van der Waals surface area contributed by atoms with E-state index in [0.29, 0.717) is 11.8 Å². The molecule has 0 saturated carbocycles. The molecule has 0 unspecified atom stereocenters. The van der Waals surface area contributed by atoms with Crippen LogP contribution in [0.25, 0.3) is 11.1 Å². The van der Waals surface area contributed by atoms with Gasteiger partial charge in [0.15, 0.2) is 0 Å². The smallest absolute Gasteiger partial charge is 0.100 e. The average Bonchev–Trinajstić information content (AvgIpc) is 2.48. The largest absolute Gasteiger partial charge is 0.132 e. The summed E-state index contributed by atoms with van der Waals surface area (Å²) in [5, 5.41) is 0. The number of alkyl halides is 2. The Balaban J connectivity index is 2.41. The Morgan fingerprint density at radius 3 is 1.96 bits per heavy atom. The zero-order valence-corrected chi connectivity index (χ0v) is 16.0. The third-order valence-corrected chi connectivity index (χ3v) is 4.44. The van der Waals surface area contributed by atoms with E-state index in [0.717, 1.165) is 18.4 Å². The van der Waals surface area contributed by atoms with Crippen LogP contribution in [0.5, 0.6) is 0 Å². The molecule has 0 bridgehead atoms. The molecular weight excluding hydrogens is 323 g/mol. The van der Waals surface area contributed by atoms with Crippen molar-refractivity contribution in [1.82, 2.24) is 0 Å². The SMILES string of the molecule is CC(C)Cc1ccc(-c2cccc(C(Cl)Cl)c2)cc1CC(C)C. The molecule has 0 amide bonds. The molecule has 2 aromatic carbocycles. The molecule has 0 heterocycles. The van der Waals surface area contributed by atoms with Gasteiger partial charge in [-0.05, 0) is 58.6 Å². The molecule has 23 heavy (non-hydrogen) atoms. The quantitative estimate of drug-likeness (QED) is 0.483. The first-order chi connectivity index (χ1) is 10.9. The molecule has 0 aliphatic rings. The van der Waals surface area contributed by atoms with Crippen molar-refractivity contribution in [2.24, 2.45) is 11.8 Å². The zero-order valence-electron chi connectivity index (χ0n) is 14.4. The molecule has 0 atom stereocenters. The molecule has 0 spiro atoms. The predicted molar refractivity (Wildman–Crippen MR) is 103 cm³/mol. The molecule has 0 aromatic heterocycles. The summed E-state index contributed by atoms with van der Waals surface area (Å²) >= 11 is 12.0. The van der Waals surface area contributed by atoms with Crippen molar-refractivity contribution >= 4 is 23.2 Å². The molecule has 0 aliphatic carbocycles. The minimum absolute atomic E-state index is 0.481. The average molecular weight is 349 g/mol. The van der Waals surface area contributed by atoms with Crippen LogP contribution in [0.2, 0.25) is 0 Å². The van der Waals surface area contributed by atoms with E-state index in [1.807, 2.05) is 12.1 Å². The fraction of sp³-hybridized carbons (Fsp3) is 0.429. The van der Waals surface area contributed by atoms with Crippen molar-refractivity contribution in [2.75, 3.05) is 0 Å². The van der Waals surface area contributed by atoms with Crippen LogP contribution in [0.4, 0.5) is 0 Å². The van der Waals surface area contributed by atoms with Gasteiger partial charge in [-0.2, -0.15) is 0 Å². The van der Waals surface area contributed by atoms with Gasteiger partial charge < -0.3 is 0 Å². The molecule has 2 rings (SSSR count). The van der Waals surface area contributed by atoms with Crippen molar-refractivity contribution in [3.05, 3.63) is 59.2 Å². The maximum absolute atomic E-state index is 6.01. The second-order valence-electron chi connectivity index (χ2n) is 7.11. The van der Waals surface area contributed by atoms with Crippen molar-refractivity contribution in [1.29, 1.82) is 0 Å². The van der Waals surface area contributed by atoms with Gasteiger partial charge >= 0.3 is 0 Å². The number of rotatable bonds is 6. The van der Waals surface area contributed by atoms with E-state index in [1.165, 1.54) is 22.3 Å². The van der Waals surface area contributed by atoms with Crippen LogP contribution in [0, 0.1) is 11.8 Å². The monoisotopic (exact) mass is 348 g/mol. The highest BCUT2D eigenvalue weighted by Gasteiger charge is 2.10. The second kappa shape index (κ2) is 8.22. The van der Waals surface area contributed by atoms with Gasteiger partial charge in [0.1, 0.15) is 4.84 Å². The fourth-order valence-corrected chi connectivity index (χ4v) is 3.20. The van der Waals surface area contributed by atoms with E-state index >= 15 is 0 Å². The lowest BCUT2D eigenvalue weighted by atomic mass is 9.90. The van der Waals surface area contributed by atoms with Crippen molar-refractivity contribution < 1.29 is 0 Å². The highest BCUT2D eigenvalue weighted by atomic mass is 35.5. The molecule has 0 N–H and O–H groups in total. The van der Waals surface area contributed by atoms with Crippen molar-refractivity contribution in [2.45, 2.75) is 45.4 Å². The lowest BCUT2D eigenvalue weighted by Crippen LogP contribution is -2.03. The Labute approximate surface area is 150 Å². The lowest BCUT2D eigenvalue weighted by molar-refractivity contribution is 0.616. The summed E-state index contributed by atoms with van der Waals surface area (Å²) in [4.78, 5) is -0.481. The van der Waals surface area contributed by atoms with Gasteiger partial charge in [0.2, 0.25) is 0 Å².